The van der Waals surface area contributed by atoms with Gasteiger partial charge in [0.05, 0.1) is 5.60 Å². The van der Waals surface area contributed by atoms with E-state index in [1.54, 1.807) is 0 Å². The number of fused-ring (bicyclic) bond motifs is 2. The van der Waals surface area contributed by atoms with Crippen LogP contribution >= 0.6 is 0 Å². The van der Waals surface area contributed by atoms with Crippen molar-refractivity contribution in [2.75, 3.05) is 6.54 Å². The van der Waals surface area contributed by atoms with E-state index in [4.69, 9.17) is 0 Å². The summed E-state index contributed by atoms with van der Waals surface area (Å²) >= 11 is 0. The molecule has 2 N–H and O–H groups in total. The number of hydrogen-bond acceptors (Lipinski definition) is 2. The van der Waals surface area contributed by atoms with Gasteiger partial charge >= 0.3 is 0 Å². The summed E-state index contributed by atoms with van der Waals surface area (Å²) in [4.78, 5) is 12.3. The van der Waals surface area contributed by atoms with Gasteiger partial charge in [-0.2, -0.15) is 0 Å². The second-order valence-corrected chi connectivity index (χ2v) is 7.99. The monoisotopic (exact) mass is 277 g/mol. The molecule has 0 aromatic rings. The number of carbonyl (C=O) groups is 1. The summed E-state index contributed by atoms with van der Waals surface area (Å²) in [5.74, 6) is 1.36. The van der Waals surface area contributed by atoms with Gasteiger partial charge in [-0.25, -0.2) is 0 Å². The molecule has 0 aromatic carbocycles. The smallest absolute Gasteiger partial charge is 0.223 e. The van der Waals surface area contributed by atoms with Crippen LogP contribution in [0.4, 0.5) is 0 Å². The molecule has 0 radical (unpaired) electrons. The van der Waals surface area contributed by atoms with E-state index in [1.807, 2.05) is 0 Å². The van der Waals surface area contributed by atoms with E-state index in [-0.39, 0.29) is 11.8 Å². The maximum Gasteiger partial charge on any atom is 0.223 e. The zero-order valence-electron chi connectivity index (χ0n) is 12.7. The molecule has 0 aromatic heterocycles. The third-order valence-corrected chi connectivity index (χ3v) is 5.74. The van der Waals surface area contributed by atoms with Crippen molar-refractivity contribution in [3.8, 4) is 0 Å². The van der Waals surface area contributed by atoms with Crippen molar-refractivity contribution in [2.24, 2.45) is 23.2 Å². The third-order valence-electron chi connectivity index (χ3n) is 5.74. The van der Waals surface area contributed by atoms with Crippen LogP contribution in [-0.4, -0.2) is 23.2 Å². The van der Waals surface area contributed by atoms with Gasteiger partial charge in [0.25, 0.3) is 0 Å². The molecule has 0 spiro atoms. The molecule has 0 saturated heterocycles. The molecule has 2 saturated carbocycles. The molecule has 3 aliphatic carbocycles. The highest BCUT2D eigenvalue weighted by Gasteiger charge is 2.41. The molecular formula is C17H27NO2. The van der Waals surface area contributed by atoms with Gasteiger partial charge in [0.1, 0.15) is 0 Å². The van der Waals surface area contributed by atoms with Crippen molar-refractivity contribution in [3.63, 3.8) is 0 Å². The topological polar surface area (TPSA) is 49.3 Å². The Bertz CT molecular complexity index is 417. The molecule has 112 valence electrons. The maximum absolute atomic E-state index is 12.3. The molecule has 20 heavy (non-hydrogen) atoms. The van der Waals surface area contributed by atoms with E-state index in [9.17, 15) is 9.90 Å². The fraction of sp³-hybridized carbons (Fsp3) is 0.824. The minimum absolute atomic E-state index is 0.147. The zero-order valence-corrected chi connectivity index (χ0v) is 12.7. The molecule has 2 bridgehead atoms. The highest BCUT2D eigenvalue weighted by molar-refractivity contribution is 5.80. The van der Waals surface area contributed by atoms with Gasteiger partial charge in [0.2, 0.25) is 5.91 Å². The first-order valence-corrected chi connectivity index (χ1v) is 8.05. The minimum atomic E-state index is -0.682. The van der Waals surface area contributed by atoms with Crippen molar-refractivity contribution in [1.82, 2.24) is 5.32 Å². The summed E-state index contributed by atoms with van der Waals surface area (Å²) in [7, 11) is 0. The summed E-state index contributed by atoms with van der Waals surface area (Å²) in [6.07, 6.45) is 10.3. The van der Waals surface area contributed by atoms with Crippen LogP contribution in [0.1, 0.15) is 52.4 Å². The van der Waals surface area contributed by atoms with Gasteiger partial charge in [-0.05, 0) is 55.8 Å². The quantitative estimate of drug-likeness (QED) is 0.779. The number of amides is 1. The molecule has 1 amide bonds. The lowest BCUT2D eigenvalue weighted by atomic mass is 9.71. The van der Waals surface area contributed by atoms with E-state index in [1.165, 1.54) is 0 Å². The first kappa shape index (κ1) is 14.1. The Kier molecular flexibility index (Phi) is 3.44. The lowest BCUT2D eigenvalue weighted by Gasteiger charge is -2.40. The van der Waals surface area contributed by atoms with E-state index >= 15 is 0 Å². The van der Waals surface area contributed by atoms with Crippen LogP contribution in [0.15, 0.2) is 12.2 Å². The van der Waals surface area contributed by atoms with Crippen molar-refractivity contribution in [2.45, 2.75) is 58.0 Å². The molecule has 3 rings (SSSR count). The van der Waals surface area contributed by atoms with Crippen molar-refractivity contribution >= 4 is 5.91 Å². The summed E-state index contributed by atoms with van der Waals surface area (Å²) in [6, 6.07) is 0. The van der Waals surface area contributed by atoms with E-state index in [0.29, 0.717) is 23.8 Å². The molecule has 3 unspecified atom stereocenters. The average Bonchev–Trinajstić information content (AvgIpc) is 3.03. The fourth-order valence-corrected chi connectivity index (χ4v) is 4.03. The number of hydrogen-bond donors (Lipinski definition) is 2. The molecule has 0 heterocycles. The summed E-state index contributed by atoms with van der Waals surface area (Å²) in [6.45, 7) is 4.94. The van der Waals surface area contributed by atoms with Crippen LogP contribution in [-0.2, 0) is 4.79 Å². The van der Waals surface area contributed by atoms with Crippen LogP contribution in [0.5, 0.6) is 0 Å². The molecule has 3 heteroatoms. The number of rotatable bonds is 3. The molecule has 3 aliphatic rings. The van der Waals surface area contributed by atoms with E-state index in [0.717, 1.165) is 38.5 Å². The van der Waals surface area contributed by atoms with Crippen molar-refractivity contribution < 1.29 is 9.90 Å². The highest BCUT2D eigenvalue weighted by Crippen LogP contribution is 2.44. The molecule has 3 nitrogen and oxygen atoms in total. The lowest BCUT2D eigenvalue weighted by Crippen LogP contribution is -2.48. The normalized spacial score (nSPS) is 37.0. The summed E-state index contributed by atoms with van der Waals surface area (Å²) in [5, 5.41) is 13.6. The second-order valence-electron chi connectivity index (χ2n) is 7.99. The maximum atomic E-state index is 12.3. The second kappa shape index (κ2) is 4.87. The van der Waals surface area contributed by atoms with Crippen LogP contribution in [0.2, 0.25) is 0 Å². The van der Waals surface area contributed by atoms with Crippen LogP contribution < -0.4 is 5.32 Å². The first-order valence-electron chi connectivity index (χ1n) is 8.05. The standard InChI is InChI=1S/C17H27NO2/c1-16(2)5-7-17(20,8-6-16)11-18-15(19)14-10-12-3-4-13(14)9-12/h3-4,12-14,20H,5-11H2,1-2H3,(H,18,19). The van der Waals surface area contributed by atoms with Gasteiger partial charge in [-0.1, -0.05) is 26.0 Å². The Morgan fingerprint density at radius 1 is 1.20 bits per heavy atom. The third kappa shape index (κ3) is 2.78. The van der Waals surface area contributed by atoms with Crippen LogP contribution in [0, 0.1) is 23.2 Å². The minimum Gasteiger partial charge on any atom is -0.388 e. The van der Waals surface area contributed by atoms with Gasteiger partial charge in [0.15, 0.2) is 0 Å². The fourth-order valence-electron chi connectivity index (χ4n) is 4.03. The van der Waals surface area contributed by atoms with Gasteiger partial charge in [0, 0.05) is 12.5 Å². The predicted octanol–water partition coefficient (Wildman–Crippen LogP) is 2.65. The van der Waals surface area contributed by atoms with Crippen molar-refractivity contribution in [3.05, 3.63) is 12.2 Å². The van der Waals surface area contributed by atoms with Gasteiger partial charge in [-0.15, -0.1) is 0 Å². The molecule has 0 aliphatic heterocycles. The van der Waals surface area contributed by atoms with Gasteiger partial charge in [-0.3, -0.25) is 4.79 Å². The average molecular weight is 277 g/mol. The van der Waals surface area contributed by atoms with Gasteiger partial charge < -0.3 is 10.4 Å². The largest absolute Gasteiger partial charge is 0.388 e. The highest BCUT2D eigenvalue weighted by atomic mass is 16.3. The molecule has 2 fully saturated rings. The Hall–Kier alpha value is -0.830. The summed E-state index contributed by atoms with van der Waals surface area (Å²) in [5.41, 5.74) is -0.343. The van der Waals surface area contributed by atoms with Crippen LogP contribution in [0.25, 0.3) is 0 Å². The van der Waals surface area contributed by atoms with Crippen molar-refractivity contribution in [1.29, 1.82) is 0 Å². The van der Waals surface area contributed by atoms with E-state index < -0.39 is 5.60 Å². The Labute approximate surface area is 121 Å². The predicted molar refractivity (Wildman–Crippen MR) is 79.1 cm³/mol. The first-order chi connectivity index (χ1) is 9.37. The lowest BCUT2D eigenvalue weighted by molar-refractivity contribution is -0.127. The molecule has 3 atom stereocenters. The number of carbonyl (C=O) groups excluding carboxylic acids is 1. The zero-order chi connectivity index (χ0) is 14.4. The Morgan fingerprint density at radius 3 is 2.45 bits per heavy atom. The number of nitrogens with one attached hydrogen (secondary N) is 1. The Balaban J connectivity index is 1.50. The summed E-state index contributed by atoms with van der Waals surface area (Å²) < 4.78 is 0. The number of aliphatic hydroxyl groups is 1. The van der Waals surface area contributed by atoms with E-state index in [2.05, 4.69) is 31.3 Å². The number of allylic oxidation sites excluding steroid dienone is 2. The van der Waals surface area contributed by atoms with Crippen LogP contribution in [0.3, 0.4) is 0 Å². The SMILES string of the molecule is CC1(C)CCC(O)(CNC(=O)C2CC3C=CC2C3)CC1. The molecular weight excluding hydrogens is 250 g/mol. The Morgan fingerprint density at radius 2 is 1.90 bits per heavy atom.